The van der Waals surface area contributed by atoms with Crippen molar-refractivity contribution in [1.29, 1.82) is 0 Å². The van der Waals surface area contributed by atoms with Crippen molar-refractivity contribution in [1.82, 2.24) is 9.21 Å². The SMILES string of the molecule is CCCCN(CC(F)(F)F)C(=O)C1CCN(S(=O)(=O)c2ccc(C(=O)OCC)o2)CC1. The average molecular weight is 468 g/mol. The number of nitrogens with zero attached hydrogens (tertiary/aromatic N) is 2. The lowest BCUT2D eigenvalue weighted by atomic mass is 9.96. The lowest BCUT2D eigenvalue weighted by Gasteiger charge is -2.33. The second-order valence-corrected chi connectivity index (χ2v) is 9.11. The van der Waals surface area contributed by atoms with Gasteiger partial charge in [-0.25, -0.2) is 13.2 Å². The van der Waals surface area contributed by atoms with E-state index in [1.807, 2.05) is 6.92 Å². The quantitative estimate of drug-likeness (QED) is 0.517. The number of carbonyl (C=O) groups is 2. The van der Waals surface area contributed by atoms with Gasteiger partial charge in [-0.3, -0.25) is 4.79 Å². The number of rotatable bonds is 9. The molecule has 1 saturated heterocycles. The van der Waals surface area contributed by atoms with Gasteiger partial charge in [-0.2, -0.15) is 17.5 Å². The van der Waals surface area contributed by atoms with Crippen molar-refractivity contribution in [2.75, 3.05) is 32.8 Å². The van der Waals surface area contributed by atoms with E-state index in [1.54, 1.807) is 6.92 Å². The lowest BCUT2D eigenvalue weighted by molar-refractivity contribution is -0.164. The first-order valence-electron chi connectivity index (χ1n) is 10.1. The van der Waals surface area contributed by atoms with Crippen LogP contribution in [0.4, 0.5) is 13.2 Å². The first-order valence-corrected chi connectivity index (χ1v) is 11.6. The predicted octanol–water partition coefficient (Wildman–Crippen LogP) is 3.05. The largest absolute Gasteiger partial charge is 0.460 e. The Morgan fingerprint density at radius 1 is 1.23 bits per heavy atom. The Kier molecular flexibility index (Phi) is 8.52. The molecule has 12 heteroatoms. The first kappa shape index (κ1) is 25.2. The number of alkyl halides is 3. The van der Waals surface area contributed by atoms with Gasteiger partial charge in [-0.15, -0.1) is 0 Å². The summed E-state index contributed by atoms with van der Waals surface area (Å²) in [6.45, 7) is 2.14. The van der Waals surface area contributed by atoms with Gasteiger partial charge < -0.3 is 14.1 Å². The van der Waals surface area contributed by atoms with Crippen molar-refractivity contribution in [3.05, 3.63) is 17.9 Å². The predicted molar refractivity (Wildman–Crippen MR) is 104 cm³/mol. The minimum atomic E-state index is -4.50. The number of amides is 1. The maximum Gasteiger partial charge on any atom is 0.406 e. The second-order valence-electron chi connectivity index (χ2n) is 7.25. The molecule has 0 bridgehead atoms. The summed E-state index contributed by atoms with van der Waals surface area (Å²) in [5.74, 6) is -2.32. The van der Waals surface area contributed by atoms with Gasteiger partial charge in [0.25, 0.3) is 10.0 Å². The topological polar surface area (TPSA) is 97.1 Å². The van der Waals surface area contributed by atoms with Crippen molar-refractivity contribution in [2.24, 2.45) is 5.92 Å². The molecule has 0 radical (unpaired) electrons. The minimum absolute atomic E-state index is 0.0103. The van der Waals surface area contributed by atoms with Crippen molar-refractivity contribution < 1.29 is 40.3 Å². The number of hydrogen-bond donors (Lipinski definition) is 0. The summed E-state index contributed by atoms with van der Waals surface area (Å²) >= 11 is 0. The van der Waals surface area contributed by atoms with Gasteiger partial charge >= 0.3 is 12.1 Å². The van der Waals surface area contributed by atoms with Gasteiger partial charge in [0.05, 0.1) is 6.61 Å². The number of piperidine rings is 1. The summed E-state index contributed by atoms with van der Waals surface area (Å²) in [5.41, 5.74) is 0. The third-order valence-electron chi connectivity index (χ3n) is 4.92. The maximum absolute atomic E-state index is 12.8. The molecule has 0 spiro atoms. The molecule has 31 heavy (non-hydrogen) atoms. The smallest absolute Gasteiger partial charge is 0.406 e. The summed E-state index contributed by atoms with van der Waals surface area (Å²) in [5, 5.41) is -0.429. The molecule has 1 aliphatic rings. The molecular formula is C19H27F3N2O6S. The Balaban J connectivity index is 2.03. The van der Waals surface area contributed by atoms with Gasteiger partial charge in [0, 0.05) is 25.6 Å². The Morgan fingerprint density at radius 3 is 2.42 bits per heavy atom. The van der Waals surface area contributed by atoms with Gasteiger partial charge in [-0.1, -0.05) is 13.3 Å². The van der Waals surface area contributed by atoms with Crippen molar-refractivity contribution in [3.63, 3.8) is 0 Å². The van der Waals surface area contributed by atoms with Crippen molar-refractivity contribution in [3.8, 4) is 0 Å². The van der Waals surface area contributed by atoms with E-state index in [0.717, 1.165) is 15.3 Å². The fourth-order valence-corrected chi connectivity index (χ4v) is 4.71. The van der Waals surface area contributed by atoms with Crippen molar-refractivity contribution in [2.45, 2.75) is 50.8 Å². The molecule has 1 aromatic heterocycles. The Hall–Kier alpha value is -2.08. The van der Waals surface area contributed by atoms with Crippen LogP contribution in [0.15, 0.2) is 21.6 Å². The summed E-state index contributed by atoms with van der Waals surface area (Å²) in [6, 6.07) is 2.35. The molecule has 2 rings (SSSR count). The minimum Gasteiger partial charge on any atom is -0.460 e. The van der Waals surface area contributed by atoms with Crippen LogP contribution in [-0.2, 0) is 19.6 Å². The number of furan rings is 1. The van der Waals surface area contributed by atoms with Gasteiger partial charge in [0.1, 0.15) is 6.54 Å². The highest BCUT2D eigenvalue weighted by molar-refractivity contribution is 7.89. The van der Waals surface area contributed by atoms with E-state index in [1.165, 1.54) is 6.07 Å². The standard InChI is InChI=1S/C19H27F3N2O6S/c1-3-5-10-23(13-19(20,21)22)17(25)14-8-11-24(12-9-14)31(27,28)16-7-6-15(30-16)18(26)29-4-2/h6-7,14H,3-5,8-13H2,1-2H3. The number of unbranched alkanes of at least 4 members (excludes halogenated alkanes) is 1. The molecule has 0 N–H and O–H groups in total. The van der Waals surface area contributed by atoms with Crippen LogP contribution in [0.3, 0.4) is 0 Å². The monoisotopic (exact) mass is 468 g/mol. The Morgan fingerprint density at radius 2 is 1.87 bits per heavy atom. The lowest BCUT2D eigenvalue weighted by Crippen LogP contribution is -2.47. The van der Waals surface area contributed by atoms with Crippen LogP contribution < -0.4 is 0 Å². The van der Waals surface area contributed by atoms with Crippen LogP contribution in [0.1, 0.15) is 50.1 Å². The molecule has 2 heterocycles. The number of carbonyl (C=O) groups excluding carboxylic acids is 2. The molecule has 1 aromatic rings. The highest BCUT2D eigenvalue weighted by Crippen LogP contribution is 2.27. The van der Waals surface area contributed by atoms with E-state index >= 15 is 0 Å². The van der Waals surface area contributed by atoms with E-state index in [-0.39, 0.29) is 44.8 Å². The van der Waals surface area contributed by atoms with Gasteiger partial charge in [-0.05, 0) is 38.3 Å². The van der Waals surface area contributed by atoms with E-state index < -0.39 is 45.6 Å². The number of esters is 1. The van der Waals surface area contributed by atoms with Gasteiger partial charge in [0.2, 0.25) is 16.8 Å². The van der Waals surface area contributed by atoms with Crippen LogP contribution in [-0.4, -0.2) is 68.5 Å². The first-order chi connectivity index (χ1) is 14.5. The molecular weight excluding hydrogens is 441 g/mol. The van der Waals surface area contributed by atoms with Crippen LogP contribution in [0, 0.1) is 5.92 Å². The summed E-state index contributed by atoms with van der Waals surface area (Å²) in [6.07, 6.45) is -3.19. The molecule has 1 aliphatic heterocycles. The zero-order chi connectivity index (χ0) is 23.2. The highest BCUT2D eigenvalue weighted by atomic mass is 32.2. The maximum atomic E-state index is 12.8. The molecule has 0 unspecified atom stereocenters. The molecule has 0 atom stereocenters. The molecule has 0 aliphatic carbocycles. The zero-order valence-electron chi connectivity index (χ0n) is 17.5. The van der Waals surface area contributed by atoms with E-state index in [0.29, 0.717) is 12.8 Å². The third-order valence-corrected chi connectivity index (χ3v) is 6.69. The van der Waals surface area contributed by atoms with E-state index in [4.69, 9.17) is 9.15 Å². The fraction of sp³-hybridized carbons (Fsp3) is 0.684. The van der Waals surface area contributed by atoms with Crippen LogP contribution >= 0.6 is 0 Å². The molecule has 1 amide bonds. The fourth-order valence-electron chi connectivity index (χ4n) is 3.33. The second kappa shape index (κ2) is 10.5. The number of halogens is 3. The molecule has 176 valence electrons. The molecule has 1 fully saturated rings. The third kappa shape index (κ3) is 6.70. The van der Waals surface area contributed by atoms with Crippen LogP contribution in [0.2, 0.25) is 0 Å². The van der Waals surface area contributed by atoms with Crippen LogP contribution in [0.25, 0.3) is 0 Å². The number of ether oxygens (including phenoxy) is 1. The van der Waals surface area contributed by atoms with E-state index in [2.05, 4.69) is 0 Å². The Labute approximate surface area is 179 Å². The number of sulfonamides is 1. The van der Waals surface area contributed by atoms with Gasteiger partial charge in [0.15, 0.2) is 0 Å². The van der Waals surface area contributed by atoms with E-state index in [9.17, 15) is 31.2 Å². The summed E-state index contributed by atoms with van der Waals surface area (Å²) in [7, 11) is -4.05. The molecule has 0 aromatic carbocycles. The summed E-state index contributed by atoms with van der Waals surface area (Å²) < 4.78 is 75.0. The Bertz CT molecular complexity index is 860. The highest BCUT2D eigenvalue weighted by Gasteiger charge is 2.38. The summed E-state index contributed by atoms with van der Waals surface area (Å²) in [4.78, 5) is 25.1. The molecule has 8 nitrogen and oxygen atoms in total. The average Bonchev–Trinajstić information content (AvgIpc) is 3.21. The normalized spacial score (nSPS) is 16.3. The molecule has 0 saturated carbocycles. The van der Waals surface area contributed by atoms with Crippen molar-refractivity contribution >= 4 is 21.9 Å². The van der Waals surface area contributed by atoms with Crippen LogP contribution in [0.5, 0.6) is 0 Å². The number of hydrogen-bond acceptors (Lipinski definition) is 6. The zero-order valence-corrected chi connectivity index (χ0v) is 18.3.